The third-order valence-electron chi connectivity index (χ3n) is 3.19. The summed E-state index contributed by atoms with van der Waals surface area (Å²) in [4.78, 5) is 0. The third-order valence-corrected chi connectivity index (χ3v) is 3.19. The van der Waals surface area contributed by atoms with E-state index in [-0.39, 0.29) is 17.6 Å². The smallest absolute Gasteiger partial charge is 0.165 e. The molecule has 2 nitrogen and oxygen atoms in total. The van der Waals surface area contributed by atoms with Crippen molar-refractivity contribution < 1.29 is 9.13 Å². The van der Waals surface area contributed by atoms with Crippen molar-refractivity contribution in [2.45, 2.75) is 19.9 Å². The lowest BCUT2D eigenvalue weighted by Crippen LogP contribution is -2.08. The van der Waals surface area contributed by atoms with Crippen molar-refractivity contribution in [1.29, 1.82) is 0 Å². The highest BCUT2D eigenvalue weighted by Crippen LogP contribution is 2.25. The maximum atomic E-state index is 13.7. The first-order valence-corrected chi connectivity index (χ1v) is 6.27. The molecule has 3 heteroatoms. The molecule has 2 aromatic rings. The lowest BCUT2D eigenvalue weighted by Gasteiger charge is -2.18. The normalized spacial score (nSPS) is 12.0. The second kappa shape index (κ2) is 5.74. The van der Waals surface area contributed by atoms with Crippen LogP contribution in [0.2, 0.25) is 0 Å². The van der Waals surface area contributed by atoms with Gasteiger partial charge in [0.2, 0.25) is 0 Å². The average molecular weight is 259 g/mol. The molecule has 0 spiro atoms. The SMILES string of the molecule is COc1ccc(C(C)Nc2ccccc2C)cc1F. The molecule has 1 atom stereocenters. The molecule has 100 valence electrons. The van der Waals surface area contributed by atoms with E-state index < -0.39 is 0 Å². The van der Waals surface area contributed by atoms with Gasteiger partial charge in [-0.25, -0.2) is 4.39 Å². The molecule has 19 heavy (non-hydrogen) atoms. The van der Waals surface area contributed by atoms with Crippen LogP contribution < -0.4 is 10.1 Å². The topological polar surface area (TPSA) is 21.3 Å². The van der Waals surface area contributed by atoms with Gasteiger partial charge in [-0.2, -0.15) is 0 Å². The second-order valence-electron chi connectivity index (χ2n) is 4.57. The van der Waals surface area contributed by atoms with Gasteiger partial charge in [0.1, 0.15) is 0 Å². The van der Waals surface area contributed by atoms with Crippen LogP contribution in [0, 0.1) is 12.7 Å². The zero-order valence-electron chi connectivity index (χ0n) is 11.4. The number of anilines is 1. The molecule has 0 fully saturated rings. The Morgan fingerprint density at radius 3 is 2.53 bits per heavy atom. The Bertz CT molecular complexity index is 568. The molecule has 1 N–H and O–H groups in total. The molecule has 0 amide bonds. The number of rotatable bonds is 4. The predicted octanol–water partition coefficient (Wildman–Crippen LogP) is 4.32. The second-order valence-corrected chi connectivity index (χ2v) is 4.57. The summed E-state index contributed by atoms with van der Waals surface area (Å²) in [6.45, 7) is 4.05. The highest BCUT2D eigenvalue weighted by Gasteiger charge is 2.10. The summed E-state index contributed by atoms with van der Waals surface area (Å²) in [6, 6.07) is 13.1. The molecule has 0 aliphatic heterocycles. The number of benzene rings is 2. The van der Waals surface area contributed by atoms with E-state index in [1.807, 2.05) is 44.2 Å². The van der Waals surface area contributed by atoms with E-state index in [0.717, 1.165) is 11.3 Å². The van der Waals surface area contributed by atoms with Crippen molar-refractivity contribution in [3.8, 4) is 5.75 Å². The fourth-order valence-electron chi connectivity index (χ4n) is 2.00. The van der Waals surface area contributed by atoms with Gasteiger partial charge in [0.15, 0.2) is 11.6 Å². The first kappa shape index (κ1) is 13.4. The number of hydrogen-bond donors (Lipinski definition) is 1. The van der Waals surface area contributed by atoms with Gasteiger partial charge in [-0.1, -0.05) is 24.3 Å². The van der Waals surface area contributed by atoms with Gasteiger partial charge < -0.3 is 10.1 Å². The minimum Gasteiger partial charge on any atom is -0.494 e. The highest BCUT2D eigenvalue weighted by molar-refractivity contribution is 5.52. The van der Waals surface area contributed by atoms with Crippen LogP contribution in [-0.4, -0.2) is 7.11 Å². The zero-order chi connectivity index (χ0) is 13.8. The fraction of sp³-hybridized carbons (Fsp3) is 0.250. The van der Waals surface area contributed by atoms with Crippen LogP contribution in [0.25, 0.3) is 0 Å². The van der Waals surface area contributed by atoms with E-state index in [1.54, 1.807) is 6.07 Å². The summed E-state index contributed by atoms with van der Waals surface area (Å²) < 4.78 is 18.6. The van der Waals surface area contributed by atoms with Crippen molar-refractivity contribution in [3.63, 3.8) is 0 Å². The summed E-state index contributed by atoms with van der Waals surface area (Å²) in [7, 11) is 1.47. The van der Waals surface area contributed by atoms with Gasteiger partial charge in [0.05, 0.1) is 7.11 Å². The highest BCUT2D eigenvalue weighted by atomic mass is 19.1. The summed E-state index contributed by atoms with van der Waals surface area (Å²) in [5.74, 6) is -0.0646. The quantitative estimate of drug-likeness (QED) is 0.883. The summed E-state index contributed by atoms with van der Waals surface area (Å²) in [6.07, 6.45) is 0. The summed E-state index contributed by atoms with van der Waals surface area (Å²) in [5.41, 5.74) is 3.12. The Kier molecular flexibility index (Phi) is 4.05. The van der Waals surface area contributed by atoms with Gasteiger partial charge >= 0.3 is 0 Å². The Morgan fingerprint density at radius 1 is 1.16 bits per heavy atom. The number of halogens is 1. The summed E-state index contributed by atoms with van der Waals surface area (Å²) in [5, 5.41) is 3.38. The number of methoxy groups -OCH3 is 1. The van der Waals surface area contributed by atoms with E-state index in [2.05, 4.69) is 5.32 Å². The molecule has 0 saturated carbocycles. The lowest BCUT2D eigenvalue weighted by atomic mass is 10.1. The molecule has 2 aromatic carbocycles. The van der Waals surface area contributed by atoms with Gasteiger partial charge in [-0.15, -0.1) is 0 Å². The maximum absolute atomic E-state index is 13.7. The van der Waals surface area contributed by atoms with E-state index >= 15 is 0 Å². The molecule has 0 saturated heterocycles. The molecule has 1 unspecified atom stereocenters. The van der Waals surface area contributed by atoms with Crippen LogP contribution in [-0.2, 0) is 0 Å². The van der Waals surface area contributed by atoms with E-state index in [4.69, 9.17) is 4.74 Å². The molecule has 0 bridgehead atoms. The van der Waals surface area contributed by atoms with Crippen molar-refractivity contribution >= 4 is 5.69 Å². The molecule has 0 heterocycles. The molecule has 0 aromatic heterocycles. The number of ether oxygens (including phenoxy) is 1. The van der Waals surface area contributed by atoms with Gasteiger partial charge in [0.25, 0.3) is 0 Å². The van der Waals surface area contributed by atoms with Crippen LogP contribution in [0.4, 0.5) is 10.1 Å². The number of nitrogens with one attached hydrogen (secondary N) is 1. The molecular formula is C16H18FNO. The van der Waals surface area contributed by atoms with Crippen molar-refractivity contribution in [2.75, 3.05) is 12.4 Å². The van der Waals surface area contributed by atoms with E-state index in [9.17, 15) is 4.39 Å². The average Bonchev–Trinajstić information content (AvgIpc) is 2.41. The largest absolute Gasteiger partial charge is 0.494 e. The zero-order valence-corrected chi connectivity index (χ0v) is 11.4. The monoisotopic (exact) mass is 259 g/mol. The number of aryl methyl sites for hydroxylation is 1. The van der Waals surface area contributed by atoms with Crippen LogP contribution >= 0.6 is 0 Å². The molecular weight excluding hydrogens is 241 g/mol. The molecule has 0 radical (unpaired) electrons. The fourth-order valence-corrected chi connectivity index (χ4v) is 2.00. The maximum Gasteiger partial charge on any atom is 0.165 e. The first-order valence-electron chi connectivity index (χ1n) is 6.27. The van der Waals surface area contributed by atoms with Crippen molar-refractivity contribution in [1.82, 2.24) is 0 Å². The van der Waals surface area contributed by atoms with Gasteiger partial charge in [-0.05, 0) is 43.2 Å². The van der Waals surface area contributed by atoms with Crippen LogP contribution in [0.5, 0.6) is 5.75 Å². The standard InChI is InChI=1S/C16H18FNO/c1-11-6-4-5-7-15(11)18-12(2)13-8-9-16(19-3)14(17)10-13/h4-10,12,18H,1-3H3. The molecule has 0 aliphatic carbocycles. The number of para-hydroxylation sites is 1. The molecule has 2 rings (SSSR count). The Balaban J connectivity index is 2.18. The van der Waals surface area contributed by atoms with E-state index in [0.29, 0.717) is 0 Å². The Labute approximate surface area is 113 Å². The Morgan fingerprint density at radius 2 is 1.89 bits per heavy atom. The first-order chi connectivity index (χ1) is 9.11. The number of hydrogen-bond acceptors (Lipinski definition) is 2. The Hall–Kier alpha value is -2.03. The minimum atomic E-state index is -0.335. The third kappa shape index (κ3) is 3.05. The van der Waals surface area contributed by atoms with Crippen molar-refractivity contribution in [2.24, 2.45) is 0 Å². The molecule has 0 aliphatic rings. The summed E-state index contributed by atoms with van der Waals surface area (Å²) >= 11 is 0. The predicted molar refractivity (Wildman–Crippen MR) is 76.2 cm³/mol. The van der Waals surface area contributed by atoms with Gasteiger partial charge in [0, 0.05) is 11.7 Å². The van der Waals surface area contributed by atoms with Crippen LogP contribution in [0.1, 0.15) is 24.1 Å². The van der Waals surface area contributed by atoms with Gasteiger partial charge in [-0.3, -0.25) is 0 Å². The lowest BCUT2D eigenvalue weighted by molar-refractivity contribution is 0.386. The van der Waals surface area contributed by atoms with Crippen molar-refractivity contribution in [3.05, 3.63) is 59.4 Å². The van der Waals surface area contributed by atoms with Crippen LogP contribution in [0.3, 0.4) is 0 Å². The van der Waals surface area contributed by atoms with Crippen LogP contribution in [0.15, 0.2) is 42.5 Å². The minimum absolute atomic E-state index is 0.0292. The van der Waals surface area contributed by atoms with E-state index in [1.165, 1.54) is 18.7 Å².